The van der Waals surface area contributed by atoms with E-state index in [0.29, 0.717) is 6.42 Å². The third-order valence-corrected chi connectivity index (χ3v) is 2.93. The molecule has 0 unspecified atom stereocenters. The highest BCUT2D eigenvalue weighted by molar-refractivity contribution is 5.80. The van der Waals surface area contributed by atoms with Crippen LogP contribution in [0.5, 0.6) is 0 Å². The summed E-state index contributed by atoms with van der Waals surface area (Å²) in [7, 11) is 0. The fraction of sp³-hybridized carbons (Fsp3) is 0.818. The minimum absolute atomic E-state index is 0.143. The predicted molar refractivity (Wildman–Crippen MR) is 56.5 cm³/mol. The van der Waals surface area contributed by atoms with Crippen LogP contribution in [0.2, 0.25) is 0 Å². The highest BCUT2D eigenvalue weighted by Gasteiger charge is 2.14. The maximum absolute atomic E-state index is 11.1. The van der Waals surface area contributed by atoms with Crippen molar-refractivity contribution in [3.05, 3.63) is 0 Å². The van der Waals surface area contributed by atoms with Gasteiger partial charge in [-0.15, -0.1) is 0 Å². The van der Waals surface area contributed by atoms with E-state index in [4.69, 9.17) is 5.11 Å². The smallest absolute Gasteiger partial charge is 0.322 e. The minimum atomic E-state index is -0.987. The molecule has 0 spiro atoms. The van der Waals surface area contributed by atoms with Crippen molar-refractivity contribution in [3.8, 4) is 0 Å². The van der Waals surface area contributed by atoms with Crippen LogP contribution in [0, 0.1) is 5.92 Å². The number of carboxylic acids is 1. The zero-order valence-corrected chi connectivity index (χ0v) is 9.00. The maximum atomic E-state index is 11.1. The van der Waals surface area contributed by atoms with Gasteiger partial charge in [0, 0.05) is 6.42 Å². The van der Waals surface area contributed by atoms with Gasteiger partial charge in [0.1, 0.15) is 6.54 Å². The molecule has 0 saturated heterocycles. The summed E-state index contributed by atoms with van der Waals surface area (Å²) in [5, 5.41) is 10.7. The first-order valence-electron chi connectivity index (χ1n) is 5.67. The SMILES string of the molecule is O=C(O)CNC(=O)CCCC1CCCC1. The Morgan fingerprint density at radius 3 is 2.53 bits per heavy atom. The monoisotopic (exact) mass is 213 g/mol. The molecule has 0 heterocycles. The summed E-state index contributed by atoms with van der Waals surface area (Å²) in [5.74, 6) is -0.327. The molecule has 4 nitrogen and oxygen atoms in total. The van der Waals surface area contributed by atoms with Crippen molar-refractivity contribution in [2.24, 2.45) is 5.92 Å². The van der Waals surface area contributed by atoms with Gasteiger partial charge in [0.2, 0.25) is 5.91 Å². The third-order valence-electron chi connectivity index (χ3n) is 2.93. The Balaban J connectivity index is 1.98. The molecular weight excluding hydrogens is 194 g/mol. The van der Waals surface area contributed by atoms with Crippen LogP contribution in [-0.2, 0) is 9.59 Å². The summed E-state index contributed by atoms with van der Waals surface area (Å²) >= 11 is 0. The fourth-order valence-corrected chi connectivity index (χ4v) is 2.11. The average Bonchev–Trinajstić information content (AvgIpc) is 2.67. The number of carbonyl (C=O) groups is 2. The van der Waals surface area contributed by atoms with E-state index in [1.54, 1.807) is 0 Å². The third kappa shape index (κ3) is 5.40. The fourth-order valence-electron chi connectivity index (χ4n) is 2.11. The van der Waals surface area contributed by atoms with E-state index in [0.717, 1.165) is 18.8 Å². The Kier molecular flexibility index (Phi) is 5.15. The number of nitrogens with one attached hydrogen (secondary N) is 1. The first-order valence-corrected chi connectivity index (χ1v) is 5.67. The second-order valence-corrected chi connectivity index (χ2v) is 4.21. The van der Waals surface area contributed by atoms with Crippen molar-refractivity contribution >= 4 is 11.9 Å². The molecule has 0 aromatic carbocycles. The van der Waals surface area contributed by atoms with Crippen molar-refractivity contribution in [1.29, 1.82) is 0 Å². The molecule has 1 aliphatic rings. The lowest BCUT2D eigenvalue weighted by Crippen LogP contribution is -2.28. The van der Waals surface area contributed by atoms with Gasteiger partial charge in [-0.3, -0.25) is 9.59 Å². The van der Waals surface area contributed by atoms with Crippen LogP contribution in [-0.4, -0.2) is 23.5 Å². The lowest BCUT2D eigenvalue weighted by molar-refractivity contribution is -0.137. The molecule has 4 heteroatoms. The number of hydrogen-bond acceptors (Lipinski definition) is 2. The second-order valence-electron chi connectivity index (χ2n) is 4.21. The molecule has 0 bridgehead atoms. The van der Waals surface area contributed by atoms with Crippen molar-refractivity contribution < 1.29 is 14.7 Å². The molecule has 15 heavy (non-hydrogen) atoms. The van der Waals surface area contributed by atoms with Crippen molar-refractivity contribution in [2.45, 2.75) is 44.9 Å². The summed E-state index contributed by atoms with van der Waals surface area (Å²) in [6, 6.07) is 0. The zero-order chi connectivity index (χ0) is 11.1. The van der Waals surface area contributed by atoms with Gasteiger partial charge in [-0.25, -0.2) is 0 Å². The summed E-state index contributed by atoms with van der Waals surface area (Å²) < 4.78 is 0. The van der Waals surface area contributed by atoms with Gasteiger partial charge in [0.15, 0.2) is 0 Å². The van der Waals surface area contributed by atoms with Crippen LogP contribution in [0.25, 0.3) is 0 Å². The van der Waals surface area contributed by atoms with Crippen molar-refractivity contribution in [3.63, 3.8) is 0 Å². The molecule has 1 rings (SSSR count). The van der Waals surface area contributed by atoms with Gasteiger partial charge in [-0.05, 0) is 18.8 Å². The van der Waals surface area contributed by atoms with Gasteiger partial charge in [-0.2, -0.15) is 0 Å². The molecule has 0 atom stereocenters. The van der Waals surface area contributed by atoms with Crippen LogP contribution in [0.1, 0.15) is 44.9 Å². The molecule has 1 saturated carbocycles. The number of rotatable bonds is 6. The van der Waals surface area contributed by atoms with Gasteiger partial charge in [0.25, 0.3) is 0 Å². The van der Waals surface area contributed by atoms with E-state index in [-0.39, 0.29) is 12.5 Å². The van der Waals surface area contributed by atoms with Crippen LogP contribution < -0.4 is 5.32 Å². The van der Waals surface area contributed by atoms with Gasteiger partial charge >= 0.3 is 5.97 Å². The predicted octanol–water partition coefficient (Wildman–Crippen LogP) is 1.55. The molecule has 0 aromatic heterocycles. The maximum Gasteiger partial charge on any atom is 0.322 e. The van der Waals surface area contributed by atoms with E-state index in [2.05, 4.69) is 5.32 Å². The van der Waals surface area contributed by atoms with Gasteiger partial charge in [0.05, 0.1) is 0 Å². The average molecular weight is 213 g/mol. The number of aliphatic carboxylic acids is 1. The standard InChI is InChI=1S/C11H19NO3/c13-10(12-8-11(14)15)7-3-6-9-4-1-2-5-9/h9H,1-8H2,(H,12,13)(H,14,15). The minimum Gasteiger partial charge on any atom is -0.480 e. The van der Waals surface area contributed by atoms with Crippen LogP contribution in [0.15, 0.2) is 0 Å². The summed E-state index contributed by atoms with van der Waals surface area (Å²) in [6.45, 7) is -0.262. The van der Waals surface area contributed by atoms with Crippen molar-refractivity contribution in [2.75, 3.05) is 6.54 Å². The van der Waals surface area contributed by atoms with E-state index in [1.165, 1.54) is 25.7 Å². The Bertz CT molecular complexity index is 222. The highest BCUT2D eigenvalue weighted by Crippen LogP contribution is 2.28. The molecule has 0 aliphatic heterocycles. The molecule has 1 fully saturated rings. The Labute approximate surface area is 90.0 Å². The van der Waals surface area contributed by atoms with E-state index >= 15 is 0 Å². The molecule has 1 amide bonds. The van der Waals surface area contributed by atoms with Crippen LogP contribution in [0.4, 0.5) is 0 Å². The number of carbonyl (C=O) groups excluding carboxylic acids is 1. The van der Waals surface area contributed by atoms with E-state index < -0.39 is 5.97 Å². The first kappa shape index (κ1) is 12.0. The summed E-state index contributed by atoms with van der Waals surface area (Å²) in [5.41, 5.74) is 0. The highest BCUT2D eigenvalue weighted by atomic mass is 16.4. The molecule has 0 radical (unpaired) electrons. The molecule has 0 aromatic rings. The van der Waals surface area contributed by atoms with E-state index in [1.807, 2.05) is 0 Å². The second kappa shape index (κ2) is 6.43. The van der Waals surface area contributed by atoms with Gasteiger partial charge < -0.3 is 10.4 Å². The number of carboxylic acid groups (broad SMARTS) is 1. The lowest BCUT2D eigenvalue weighted by Gasteiger charge is -2.07. The molecule has 1 aliphatic carbocycles. The Morgan fingerprint density at radius 2 is 1.93 bits per heavy atom. The Morgan fingerprint density at radius 1 is 1.27 bits per heavy atom. The van der Waals surface area contributed by atoms with Crippen molar-refractivity contribution in [1.82, 2.24) is 5.32 Å². The molecular formula is C11H19NO3. The summed E-state index contributed by atoms with van der Waals surface area (Å²) in [4.78, 5) is 21.3. The van der Waals surface area contributed by atoms with Gasteiger partial charge in [-0.1, -0.05) is 25.7 Å². The number of hydrogen-bond donors (Lipinski definition) is 2. The summed E-state index contributed by atoms with van der Waals surface area (Å²) in [6.07, 6.45) is 7.72. The zero-order valence-electron chi connectivity index (χ0n) is 9.00. The topological polar surface area (TPSA) is 66.4 Å². The quantitative estimate of drug-likeness (QED) is 0.703. The van der Waals surface area contributed by atoms with Crippen LogP contribution >= 0.6 is 0 Å². The molecule has 2 N–H and O–H groups in total. The van der Waals surface area contributed by atoms with E-state index in [9.17, 15) is 9.59 Å². The Hall–Kier alpha value is -1.06. The number of amides is 1. The normalized spacial score (nSPS) is 16.5. The largest absolute Gasteiger partial charge is 0.480 e. The first-order chi connectivity index (χ1) is 7.18. The lowest BCUT2D eigenvalue weighted by atomic mass is 10.0. The molecule has 86 valence electrons. The van der Waals surface area contributed by atoms with Crippen LogP contribution in [0.3, 0.4) is 0 Å².